The summed E-state index contributed by atoms with van der Waals surface area (Å²) in [5.74, 6) is -1.11. The number of carbonyl (C=O) groups excluding carboxylic acids is 2. The lowest BCUT2D eigenvalue weighted by molar-refractivity contribution is -0.156. The zero-order valence-electron chi connectivity index (χ0n) is 11.5. The highest BCUT2D eigenvalue weighted by molar-refractivity contribution is 9.09. The molecule has 0 fully saturated rings. The molecule has 0 radical (unpaired) electrons. The Morgan fingerprint density at radius 3 is 1.58 bits per heavy atom. The van der Waals surface area contributed by atoms with E-state index in [0.29, 0.717) is 0 Å². The summed E-state index contributed by atoms with van der Waals surface area (Å²) in [7, 11) is 0. The van der Waals surface area contributed by atoms with Crippen LogP contribution in [0.3, 0.4) is 0 Å². The summed E-state index contributed by atoms with van der Waals surface area (Å²) in [5.41, 5.74) is 0. The molecule has 0 bridgehead atoms. The second-order valence-electron chi connectivity index (χ2n) is 4.26. The number of hydrogen-bond donors (Lipinski definition) is 0. The van der Waals surface area contributed by atoms with Gasteiger partial charge in [0.1, 0.15) is 6.42 Å². The van der Waals surface area contributed by atoms with Crippen LogP contribution in [0, 0.1) is 0 Å². The summed E-state index contributed by atoms with van der Waals surface area (Å²) in [4.78, 5) is 22.9. The summed E-state index contributed by atoms with van der Waals surface area (Å²) in [6.07, 6.45) is 5.14. The van der Waals surface area contributed by atoms with Gasteiger partial charge in [-0.1, -0.05) is 26.7 Å². The van der Waals surface area contributed by atoms with Crippen LogP contribution in [0.5, 0.6) is 0 Å². The topological polar surface area (TPSA) is 52.6 Å². The quantitative estimate of drug-likeness (QED) is 0.311. The Labute approximate surface area is 131 Å². The van der Waals surface area contributed by atoms with Crippen LogP contribution in [0.1, 0.15) is 58.8 Å². The lowest BCUT2D eigenvalue weighted by atomic mass is 10.3. The number of halogens is 2. The average molecular weight is 402 g/mol. The van der Waals surface area contributed by atoms with Gasteiger partial charge in [-0.2, -0.15) is 0 Å². The maximum atomic E-state index is 11.5. The number of unbranched alkanes of at least 4 members (excludes halogenated alkanes) is 2. The second-order valence-corrected chi connectivity index (χ2v) is 6.30. The van der Waals surface area contributed by atoms with E-state index in [-0.39, 0.29) is 16.4 Å². The Morgan fingerprint density at radius 2 is 1.26 bits per heavy atom. The first-order valence-electron chi connectivity index (χ1n) is 6.66. The van der Waals surface area contributed by atoms with Gasteiger partial charge in [0.05, 0.1) is 0 Å². The van der Waals surface area contributed by atoms with Crippen molar-refractivity contribution >= 4 is 43.8 Å². The van der Waals surface area contributed by atoms with Crippen molar-refractivity contribution in [3.63, 3.8) is 0 Å². The molecule has 0 rings (SSSR count). The molecular formula is C13H22Br2O4. The Morgan fingerprint density at radius 1 is 0.895 bits per heavy atom. The highest BCUT2D eigenvalue weighted by Crippen LogP contribution is 2.14. The molecule has 2 unspecified atom stereocenters. The van der Waals surface area contributed by atoms with Crippen LogP contribution in [0.2, 0.25) is 0 Å². The van der Waals surface area contributed by atoms with Gasteiger partial charge in [-0.15, -0.1) is 0 Å². The maximum Gasteiger partial charge on any atom is 0.318 e. The van der Waals surface area contributed by atoms with Crippen LogP contribution in [0.25, 0.3) is 0 Å². The van der Waals surface area contributed by atoms with Gasteiger partial charge in [0.15, 0.2) is 10.0 Å². The first-order chi connectivity index (χ1) is 8.99. The van der Waals surface area contributed by atoms with Gasteiger partial charge < -0.3 is 9.47 Å². The molecule has 0 amide bonds. The van der Waals surface area contributed by atoms with E-state index in [1.807, 2.05) is 0 Å². The van der Waals surface area contributed by atoms with Crippen molar-refractivity contribution in [2.24, 2.45) is 0 Å². The average Bonchev–Trinajstić information content (AvgIpc) is 2.33. The number of hydrogen-bond acceptors (Lipinski definition) is 4. The van der Waals surface area contributed by atoms with E-state index in [0.717, 1.165) is 38.5 Å². The van der Waals surface area contributed by atoms with E-state index >= 15 is 0 Å². The lowest BCUT2D eigenvalue weighted by Gasteiger charge is -2.13. The molecule has 0 aromatic carbocycles. The maximum absolute atomic E-state index is 11.5. The van der Waals surface area contributed by atoms with E-state index in [1.165, 1.54) is 0 Å². The van der Waals surface area contributed by atoms with Crippen LogP contribution in [0.15, 0.2) is 0 Å². The van der Waals surface area contributed by atoms with Gasteiger partial charge in [-0.05, 0) is 57.5 Å². The van der Waals surface area contributed by atoms with E-state index in [2.05, 4.69) is 45.7 Å². The van der Waals surface area contributed by atoms with Crippen LogP contribution in [-0.2, 0) is 19.1 Å². The predicted octanol–water partition coefficient (Wildman–Crippen LogP) is 4.29. The molecule has 0 spiro atoms. The first-order valence-corrected chi connectivity index (χ1v) is 8.49. The molecule has 0 heterocycles. The SMILES string of the molecule is CCCCC(Br)OC(=O)CC(=O)OC(Br)CCCC. The van der Waals surface area contributed by atoms with Gasteiger partial charge in [0.25, 0.3) is 0 Å². The number of alkyl halides is 2. The van der Waals surface area contributed by atoms with Gasteiger partial charge in [-0.25, -0.2) is 0 Å². The molecule has 0 N–H and O–H groups in total. The smallest absolute Gasteiger partial charge is 0.318 e. The zero-order chi connectivity index (χ0) is 14.7. The van der Waals surface area contributed by atoms with Crippen molar-refractivity contribution in [3.8, 4) is 0 Å². The van der Waals surface area contributed by atoms with Gasteiger partial charge in [0.2, 0.25) is 0 Å². The van der Waals surface area contributed by atoms with Crippen LogP contribution < -0.4 is 0 Å². The van der Waals surface area contributed by atoms with Gasteiger partial charge in [0, 0.05) is 0 Å². The largest absolute Gasteiger partial charge is 0.450 e. The molecule has 0 aromatic heterocycles. The monoisotopic (exact) mass is 400 g/mol. The molecule has 0 aromatic rings. The van der Waals surface area contributed by atoms with Crippen molar-refractivity contribution in [1.82, 2.24) is 0 Å². The summed E-state index contributed by atoms with van der Waals surface area (Å²) in [5, 5.41) is -0.653. The fraction of sp³-hybridized carbons (Fsp3) is 0.846. The fourth-order valence-electron chi connectivity index (χ4n) is 1.33. The summed E-state index contributed by atoms with van der Waals surface area (Å²) < 4.78 is 10.1. The number of ether oxygens (including phenoxy) is 2. The number of rotatable bonds is 10. The minimum Gasteiger partial charge on any atom is -0.450 e. The second kappa shape index (κ2) is 11.7. The molecule has 19 heavy (non-hydrogen) atoms. The summed E-state index contributed by atoms with van der Waals surface area (Å²) in [6, 6.07) is 0. The molecule has 112 valence electrons. The minimum absolute atomic E-state index is 0.326. The van der Waals surface area contributed by atoms with Gasteiger partial charge >= 0.3 is 11.9 Å². The van der Waals surface area contributed by atoms with Crippen molar-refractivity contribution in [3.05, 3.63) is 0 Å². The normalized spacial score (nSPS) is 13.7. The zero-order valence-corrected chi connectivity index (χ0v) is 14.7. The highest BCUT2D eigenvalue weighted by atomic mass is 79.9. The molecule has 0 aliphatic carbocycles. The van der Waals surface area contributed by atoms with Crippen LogP contribution in [-0.4, -0.2) is 22.0 Å². The van der Waals surface area contributed by atoms with Crippen molar-refractivity contribution < 1.29 is 19.1 Å². The fourth-order valence-corrected chi connectivity index (χ4v) is 2.40. The van der Waals surface area contributed by atoms with Crippen molar-refractivity contribution in [1.29, 1.82) is 0 Å². The Hall–Kier alpha value is -0.100. The summed E-state index contributed by atoms with van der Waals surface area (Å²) >= 11 is 6.50. The van der Waals surface area contributed by atoms with Crippen LogP contribution >= 0.6 is 31.9 Å². The molecule has 0 saturated heterocycles. The molecular weight excluding hydrogens is 380 g/mol. The lowest BCUT2D eigenvalue weighted by Crippen LogP contribution is -2.19. The third kappa shape index (κ3) is 11.4. The van der Waals surface area contributed by atoms with E-state index < -0.39 is 11.9 Å². The highest BCUT2D eigenvalue weighted by Gasteiger charge is 2.18. The van der Waals surface area contributed by atoms with E-state index in [1.54, 1.807) is 0 Å². The third-order valence-electron chi connectivity index (χ3n) is 2.38. The summed E-state index contributed by atoms with van der Waals surface area (Å²) in [6.45, 7) is 4.12. The molecule has 4 nitrogen and oxygen atoms in total. The van der Waals surface area contributed by atoms with Crippen molar-refractivity contribution in [2.75, 3.05) is 0 Å². The van der Waals surface area contributed by atoms with E-state index in [4.69, 9.17) is 9.47 Å². The Bertz CT molecular complexity index is 245. The molecule has 0 aliphatic rings. The van der Waals surface area contributed by atoms with Crippen LogP contribution in [0.4, 0.5) is 0 Å². The minimum atomic E-state index is -0.557. The number of carbonyl (C=O) groups is 2. The molecule has 0 saturated carbocycles. The first kappa shape index (κ1) is 18.9. The Kier molecular flexibility index (Phi) is 11.6. The van der Waals surface area contributed by atoms with Crippen molar-refractivity contribution in [2.45, 2.75) is 68.8 Å². The predicted molar refractivity (Wildman–Crippen MR) is 81.3 cm³/mol. The van der Waals surface area contributed by atoms with Gasteiger partial charge in [-0.3, -0.25) is 9.59 Å². The molecule has 2 atom stereocenters. The van der Waals surface area contributed by atoms with E-state index in [9.17, 15) is 9.59 Å². The Balaban J connectivity index is 3.82. The number of esters is 2. The standard InChI is InChI=1S/C13H22Br2O4/c1-3-5-7-10(14)18-12(16)9-13(17)19-11(15)8-6-4-2/h10-11H,3-9H2,1-2H3. The molecule has 6 heteroatoms. The third-order valence-corrected chi connectivity index (χ3v) is 3.67. The molecule has 0 aliphatic heterocycles.